The summed E-state index contributed by atoms with van der Waals surface area (Å²) in [7, 11) is 0. The van der Waals surface area contributed by atoms with Gasteiger partial charge in [0.1, 0.15) is 5.75 Å². The predicted octanol–water partition coefficient (Wildman–Crippen LogP) is 3.34. The molecule has 3 rings (SSSR count). The molecule has 0 fully saturated rings. The monoisotopic (exact) mass is 338 g/mol. The Hall–Kier alpha value is -0.980. The molecule has 0 bridgehead atoms. The Morgan fingerprint density at radius 3 is 2.67 bits per heavy atom. The first-order valence-corrected chi connectivity index (χ1v) is 9.47. The van der Waals surface area contributed by atoms with Gasteiger partial charge in [-0.3, -0.25) is 0 Å². The van der Waals surface area contributed by atoms with Gasteiger partial charge in [0, 0.05) is 10.6 Å². The van der Waals surface area contributed by atoms with Crippen molar-refractivity contribution >= 4 is 39.8 Å². The van der Waals surface area contributed by atoms with Crippen LogP contribution < -0.4 is 10.9 Å². The van der Waals surface area contributed by atoms with Crippen molar-refractivity contribution in [1.29, 1.82) is 0 Å². The van der Waals surface area contributed by atoms with Crippen molar-refractivity contribution in [2.75, 3.05) is 12.0 Å². The van der Waals surface area contributed by atoms with Crippen LogP contribution in [-0.2, 0) is 11.2 Å². The topological polar surface area (TPSA) is 47.1 Å². The highest BCUT2D eigenvalue weighted by atomic mass is 35.5. The van der Waals surface area contributed by atoms with Crippen molar-refractivity contribution in [3.05, 3.63) is 62.8 Å². The zero-order chi connectivity index (χ0) is 14.8. The van der Waals surface area contributed by atoms with Crippen LogP contribution in [0.25, 0.3) is 5.70 Å². The largest absolute Gasteiger partial charge is 0.616 e. The van der Waals surface area contributed by atoms with Crippen LogP contribution in [0.1, 0.15) is 16.5 Å². The maximum atomic E-state index is 11.7. The average Bonchev–Trinajstić information content (AvgIpc) is 3.08. The van der Waals surface area contributed by atoms with Crippen LogP contribution >= 0.6 is 22.9 Å². The van der Waals surface area contributed by atoms with Crippen LogP contribution in [0.4, 0.5) is 0 Å². The van der Waals surface area contributed by atoms with E-state index in [1.165, 1.54) is 0 Å². The van der Waals surface area contributed by atoms with E-state index in [4.69, 9.17) is 11.6 Å². The Kier molecular flexibility index (Phi) is 4.57. The van der Waals surface area contributed by atoms with Gasteiger partial charge in [0.05, 0.1) is 22.9 Å². The lowest BCUT2D eigenvalue weighted by Crippen LogP contribution is -2.27. The van der Waals surface area contributed by atoms with E-state index in [1.807, 2.05) is 35.7 Å². The molecule has 3 nitrogen and oxygen atoms in total. The number of nitrogens with one attached hydrogen (secondary N) is 2. The average molecular weight is 339 g/mol. The Bertz CT molecular complexity index is 638. The second kappa shape index (κ2) is 6.42. The Labute approximate surface area is 136 Å². The van der Waals surface area contributed by atoms with Gasteiger partial charge in [-0.05, 0) is 29.1 Å². The molecule has 2 unspecified atom stereocenters. The minimum atomic E-state index is -0.896. The van der Waals surface area contributed by atoms with Crippen LogP contribution in [0.2, 0.25) is 5.02 Å². The molecule has 0 saturated carbocycles. The van der Waals surface area contributed by atoms with Crippen molar-refractivity contribution in [2.24, 2.45) is 0 Å². The summed E-state index contributed by atoms with van der Waals surface area (Å²) in [5, 5.41) is 2.76. The molecule has 1 aromatic heterocycles. The Balaban J connectivity index is 1.99. The second-order valence-electron chi connectivity index (χ2n) is 4.85. The molecule has 2 N–H and O–H groups in total. The molecule has 2 heterocycles. The van der Waals surface area contributed by atoms with E-state index in [2.05, 4.69) is 16.9 Å². The van der Waals surface area contributed by atoms with E-state index >= 15 is 0 Å². The molecule has 2 aromatic rings. The van der Waals surface area contributed by atoms with Gasteiger partial charge in [0.25, 0.3) is 0 Å². The zero-order valence-corrected chi connectivity index (χ0v) is 13.8. The first-order valence-electron chi connectivity index (χ1n) is 6.49. The maximum Gasteiger partial charge on any atom is 0.130 e. The lowest BCUT2D eigenvalue weighted by atomic mass is 10.00. The van der Waals surface area contributed by atoms with Crippen molar-refractivity contribution in [1.82, 2.24) is 10.9 Å². The molecule has 0 amide bonds. The van der Waals surface area contributed by atoms with Gasteiger partial charge < -0.3 is 9.98 Å². The number of rotatable bonds is 4. The molecular formula is C15H15ClN2OS2. The molecule has 110 valence electrons. The summed E-state index contributed by atoms with van der Waals surface area (Å²) in [6.07, 6.45) is 1.73. The van der Waals surface area contributed by atoms with Gasteiger partial charge in [-0.25, -0.2) is 5.43 Å². The summed E-state index contributed by atoms with van der Waals surface area (Å²) >= 11 is 6.73. The summed E-state index contributed by atoms with van der Waals surface area (Å²) in [6.45, 7) is 0. The van der Waals surface area contributed by atoms with Crippen LogP contribution in [0, 0.1) is 0 Å². The molecule has 1 aliphatic heterocycles. The molecule has 1 aliphatic rings. The van der Waals surface area contributed by atoms with Crippen molar-refractivity contribution in [3.63, 3.8) is 0 Å². The summed E-state index contributed by atoms with van der Waals surface area (Å²) in [5.74, 6) is 0.542. The van der Waals surface area contributed by atoms with Crippen molar-refractivity contribution in [3.8, 4) is 0 Å². The highest BCUT2D eigenvalue weighted by Crippen LogP contribution is 2.34. The number of halogens is 1. The SMILES string of the molecule is C[S+]([O-])CC1=C(c2cccs2)NNC1c1ccc(Cl)cc1. The third-order valence-corrected chi connectivity index (χ3v) is 5.20. The van der Waals surface area contributed by atoms with Crippen LogP contribution in [0.5, 0.6) is 0 Å². The highest BCUT2D eigenvalue weighted by molar-refractivity contribution is 7.90. The Morgan fingerprint density at radius 1 is 1.29 bits per heavy atom. The third kappa shape index (κ3) is 3.27. The van der Waals surface area contributed by atoms with Gasteiger partial charge in [0.2, 0.25) is 0 Å². The number of hydrazine groups is 1. The lowest BCUT2D eigenvalue weighted by molar-refractivity contribution is 0.588. The van der Waals surface area contributed by atoms with E-state index < -0.39 is 11.2 Å². The van der Waals surface area contributed by atoms with Gasteiger partial charge in [0.15, 0.2) is 0 Å². The summed E-state index contributed by atoms with van der Waals surface area (Å²) in [4.78, 5) is 1.15. The van der Waals surface area contributed by atoms with E-state index in [0.29, 0.717) is 10.8 Å². The lowest BCUT2D eigenvalue weighted by Gasteiger charge is -2.15. The summed E-state index contributed by atoms with van der Waals surface area (Å²) < 4.78 is 11.7. The van der Waals surface area contributed by atoms with Gasteiger partial charge in [-0.2, -0.15) is 0 Å². The van der Waals surface area contributed by atoms with Crippen molar-refractivity contribution in [2.45, 2.75) is 6.04 Å². The van der Waals surface area contributed by atoms with Crippen LogP contribution in [0.3, 0.4) is 0 Å². The summed E-state index contributed by atoms with van der Waals surface area (Å²) in [5.41, 5.74) is 9.82. The third-order valence-electron chi connectivity index (χ3n) is 3.34. The fourth-order valence-corrected chi connectivity index (χ4v) is 4.05. The molecule has 0 radical (unpaired) electrons. The van der Waals surface area contributed by atoms with Crippen LogP contribution in [0.15, 0.2) is 47.4 Å². The number of hydrogen-bond donors (Lipinski definition) is 2. The van der Waals surface area contributed by atoms with E-state index in [-0.39, 0.29) is 6.04 Å². The first-order chi connectivity index (χ1) is 10.1. The normalized spacial score (nSPS) is 19.7. The van der Waals surface area contributed by atoms with E-state index in [9.17, 15) is 4.55 Å². The van der Waals surface area contributed by atoms with Gasteiger partial charge in [-0.15, -0.1) is 11.3 Å². The number of benzene rings is 1. The fraction of sp³-hybridized carbons (Fsp3) is 0.200. The maximum absolute atomic E-state index is 11.7. The quantitative estimate of drug-likeness (QED) is 0.840. The highest BCUT2D eigenvalue weighted by Gasteiger charge is 2.30. The second-order valence-corrected chi connectivity index (χ2v) is 7.67. The smallest absolute Gasteiger partial charge is 0.130 e. The Morgan fingerprint density at radius 2 is 2.05 bits per heavy atom. The predicted molar refractivity (Wildman–Crippen MR) is 90.6 cm³/mol. The number of thiophene rings is 1. The van der Waals surface area contributed by atoms with Gasteiger partial charge in [-0.1, -0.05) is 41.0 Å². The minimum absolute atomic E-state index is 0.0169. The molecule has 1 aromatic carbocycles. The van der Waals surface area contributed by atoms with E-state index in [0.717, 1.165) is 21.7 Å². The minimum Gasteiger partial charge on any atom is -0.616 e. The fourth-order valence-electron chi connectivity index (χ4n) is 2.41. The number of hydrogen-bond acceptors (Lipinski definition) is 4. The molecule has 6 heteroatoms. The standard InChI is InChI=1S/C15H15ClN2OS2/c1-21(19)9-12-14(10-4-6-11(16)7-5-10)17-18-15(12)13-3-2-8-20-13/h2-8,14,17-18H,9H2,1H3. The molecule has 0 aliphatic carbocycles. The summed E-state index contributed by atoms with van der Waals surface area (Å²) in [6, 6.07) is 11.9. The van der Waals surface area contributed by atoms with Crippen molar-refractivity contribution < 1.29 is 4.55 Å². The molecule has 0 spiro atoms. The van der Waals surface area contributed by atoms with Crippen LogP contribution in [-0.4, -0.2) is 16.6 Å². The molecule has 2 atom stereocenters. The molecule has 0 saturated heterocycles. The molecular weight excluding hydrogens is 324 g/mol. The van der Waals surface area contributed by atoms with Gasteiger partial charge >= 0.3 is 0 Å². The van der Waals surface area contributed by atoms with E-state index in [1.54, 1.807) is 17.6 Å². The zero-order valence-electron chi connectivity index (χ0n) is 11.4. The first kappa shape index (κ1) is 14.9. The molecule has 21 heavy (non-hydrogen) atoms.